The van der Waals surface area contributed by atoms with Gasteiger partial charge in [0.2, 0.25) is 0 Å². The number of hydrogen-bond donors (Lipinski definition) is 0. The van der Waals surface area contributed by atoms with E-state index in [1.807, 2.05) is 53.4 Å². The zero-order valence-electron chi connectivity index (χ0n) is 17.1. The number of hydrogen-bond acceptors (Lipinski definition) is 4. The average molecular weight is 405 g/mol. The van der Waals surface area contributed by atoms with E-state index in [1.54, 1.807) is 0 Å². The van der Waals surface area contributed by atoms with Gasteiger partial charge in [0.05, 0.1) is 6.61 Å². The lowest BCUT2D eigenvalue weighted by Crippen LogP contribution is -2.55. The van der Waals surface area contributed by atoms with Crippen LogP contribution >= 0.6 is 0 Å². The van der Waals surface area contributed by atoms with Gasteiger partial charge in [0.25, 0.3) is 0 Å². The lowest BCUT2D eigenvalue weighted by molar-refractivity contribution is 0.00472. The quantitative estimate of drug-likeness (QED) is 0.688. The van der Waals surface area contributed by atoms with Crippen molar-refractivity contribution in [1.82, 2.24) is 4.90 Å². The number of Topliss-reactive ketones (excluding diaryl/α,β-unsaturated/α-hetero) is 1. The van der Waals surface area contributed by atoms with Crippen LogP contribution in [-0.4, -0.2) is 35.5 Å². The third kappa shape index (κ3) is 3.69. The second-order valence-corrected chi connectivity index (χ2v) is 8.64. The van der Waals surface area contributed by atoms with Crippen molar-refractivity contribution >= 4 is 11.9 Å². The van der Waals surface area contributed by atoms with E-state index >= 15 is 0 Å². The van der Waals surface area contributed by atoms with Crippen LogP contribution < -0.4 is 4.74 Å². The lowest BCUT2D eigenvalue weighted by atomic mass is 9.75. The van der Waals surface area contributed by atoms with E-state index in [-0.39, 0.29) is 36.5 Å². The molecule has 5 heteroatoms. The maximum atomic E-state index is 13.2. The number of amides is 1. The first kappa shape index (κ1) is 19.2. The fraction of sp³-hybridized carbons (Fsp3) is 0.440. The number of carbonyl (C=O) groups is 2. The fourth-order valence-electron chi connectivity index (χ4n) is 5.26. The van der Waals surface area contributed by atoms with Gasteiger partial charge in [0.1, 0.15) is 12.4 Å². The van der Waals surface area contributed by atoms with Crippen molar-refractivity contribution in [3.8, 4) is 5.75 Å². The molecule has 156 valence electrons. The molecular weight excluding hydrogens is 378 g/mol. The van der Waals surface area contributed by atoms with Crippen LogP contribution in [0.4, 0.5) is 4.79 Å². The smallest absolute Gasteiger partial charge is 0.410 e. The number of ketones is 1. The van der Waals surface area contributed by atoms with E-state index in [0.29, 0.717) is 6.61 Å². The van der Waals surface area contributed by atoms with Gasteiger partial charge >= 0.3 is 6.09 Å². The first-order chi connectivity index (χ1) is 14.7. The lowest BCUT2D eigenvalue weighted by Gasteiger charge is -2.47. The van der Waals surface area contributed by atoms with Gasteiger partial charge in [-0.2, -0.15) is 0 Å². The van der Waals surface area contributed by atoms with Gasteiger partial charge in [-0.1, -0.05) is 30.3 Å². The van der Waals surface area contributed by atoms with E-state index in [9.17, 15) is 9.59 Å². The predicted octanol–water partition coefficient (Wildman–Crippen LogP) is 4.77. The van der Waals surface area contributed by atoms with Crippen LogP contribution in [0.5, 0.6) is 5.75 Å². The van der Waals surface area contributed by atoms with Crippen LogP contribution in [0.2, 0.25) is 0 Å². The number of ether oxygens (including phenoxy) is 2. The number of fused-ring (bicyclic) bond motifs is 3. The highest BCUT2D eigenvalue weighted by atomic mass is 16.6. The minimum absolute atomic E-state index is 0.0288. The molecule has 2 saturated heterocycles. The van der Waals surface area contributed by atoms with Crippen LogP contribution in [0, 0.1) is 5.92 Å². The molecule has 2 unspecified atom stereocenters. The predicted molar refractivity (Wildman–Crippen MR) is 113 cm³/mol. The summed E-state index contributed by atoms with van der Waals surface area (Å²) >= 11 is 0. The highest BCUT2D eigenvalue weighted by Gasteiger charge is 2.43. The molecule has 2 atom stereocenters. The molecule has 2 aromatic rings. The first-order valence-corrected chi connectivity index (χ1v) is 11.0. The molecule has 3 aliphatic heterocycles. The first-order valence-electron chi connectivity index (χ1n) is 11.0. The van der Waals surface area contributed by atoms with Crippen molar-refractivity contribution < 1.29 is 19.1 Å². The summed E-state index contributed by atoms with van der Waals surface area (Å²) in [5.41, 5.74) is 2.90. The Morgan fingerprint density at radius 3 is 2.57 bits per heavy atom. The van der Waals surface area contributed by atoms with Gasteiger partial charge in [0, 0.05) is 30.0 Å². The molecule has 0 saturated carbocycles. The number of piperidine rings is 2. The Morgan fingerprint density at radius 2 is 1.80 bits per heavy atom. The second-order valence-electron chi connectivity index (χ2n) is 8.64. The van der Waals surface area contributed by atoms with E-state index in [1.165, 1.54) is 0 Å². The molecule has 0 radical (unpaired) electrons. The van der Waals surface area contributed by atoms with E-state index in [0.717, 1.165) is 61.0 Å². The molecule has 2 fully saturated rings. The van der Waals surface area contributed by atoms with E-state index in [4.69, 9.17) is 9.47 Å². The Labute approximate surface area is 177 Å². The molecule has 2 aromatic carbocycles. The summed E-state index contributed by atoms with van der Waals surface area (Å²) in [6.07, 6.45) is 5.07. The van der Waals surface area contributed by atoms with Crippen LogP contribution in [0.15, 0.2) is 48.5 Å². The Kier molecular flexibility index (Phi) is 5.19. The number of benzene rings is 2. The van der Waals surface area contributed by atoms with Crippen molar-refractivity contribution in [2.24, 2.45) is 5.92 Å². The number of nitrogens with zero attached hydrogens (tertiary/aromatic N) is 1. The summed E-state index contributed by atoms with van der Waals surface area (Å²) in [5, 5.41) is 0. The molecule has 3 aliphatic rings. The third-order valence-electron chi connectivity index (χ3n) is 6.74. The molecule has 0 aromatic heterocycles. The second kappa shape index (κ2) is 8.13. The normalized spacial score (nSPS) is 24.7. The molecule has 5 nitrogen and oxygen atoms in total. The summed E-state index contributed by atoms with van der Waals surface area (Å²) in [7, 11) is 0. The van der Waals surface area contributed by atoms with Gasteiger partial charge < -0.3 is 14.4 Å². The number of rotatable bonds is 4. The molecule has 0 N–H and O–H groups in total. The summed E-state index contributed by atoms with van der Waals surface area (Å²) in [4.78, 5) is 28.0. The highest BCUT2D eigenvalue weighted by molar-refractivity contribution is 5.98. The van der Waals surface area contributed by atoms with E-state index in [2.05, 4.69) is 0 Å². The Morgan fingerprint density at radius 1 is 1.03 bits per heavy atom. The van der Waals surface area contributed by atoms with Gasteiger partial charge in [-0.05, 0) is 61.4 Å². The molecule has 0 spiro atoms. The standard InChI is InChI=1S/C25H27NO4/c27-24(19-9-10-23-18(13-19)11-12-29-23)20-14-21-7-4-8-22(15-20)26(21)25(28)30-16-17-5-2-1-3-6-17/h1-3,5-6,9-10,13,20-22H,4,7-8,11-12,14-16H2. The van der Waals surface area contributed by atoms with Gasteiger partial charge in [-0.15, -0.1) is 0 Å². The maximum absolute atomic E-state index is 13.2. The molecule has 3 heterocycles. The van der Waals surface area contributed by atoms with Crippen LogP contribution in [0.1, 0.15) is 53.6 Å². The molecule has 1 amide bonds. The summed E-state index contributed by atoms with van der Waals surface area (Å²) < 4.78 is 11.2. The monoisotopic (exact) mass is 405 g/mol. The molecule has 5 rings (SSSR count). The fourth-order valence-corrected chi connectivity index (χ4v) is 5.26. The SMILES string of the molecule is O=C(c1ccc2c(c1)CCO2)C1CC2CCCC(C1)N2C(=O)OCc1ccccc1. The highest BCUT2D eigenvalue weighted by Crippen LogP contribution is 2.39. The third-order valence-corrected chi connectivity index (χ3v) is 6.74. The molecule has 30 heavy (non-hydrogen) atoms. The largest absolute Gasteiger partial charge is 0.493 e. The van der Waals surface area contributed by atoms with Gasteiger partial charge in [0.15, 0.2) is 5.78 Å². The van der Waals surface area contributed by atoms with Crippen molar-refractivity contribution in [3.05, 3.63) is 65.2 Å². The molecule has 0 aliphatic carbocycles. The van der Waals surface area contributed by atoms with E-state index < -0.39 is 0 Å². The number of carbonyl (C=O) groups excluding carboxylic acids is 2. The van der Waals surface area contributed by atoms with Crippen molar-refractivity contribution in [1.29, 1.82) is 0 Å². The Bertz CT molecular complexity index is 927. The molecule has 2 bridgehead atoms. The van der Waals surface area contributed by atoms with Crippen LogP contribution in [-0.2, 0) is 17.8 Å². The van der Waals surface area contributed by atoms with Gasteiger partial charge in [-0.25, -0.2) is 4.79 Å². The van der Waals surface area contributed by atoms with Crippen LogP contribution in [0.25, 0.3) is 0 Å². The van der Waals surface area contributed by atoms with Crippen molar-refractivity contribution in [3.63, 3.8) is 0 Å². The van der Waals surface area contributed by atoms with Crippen LogP contribution in [0.3, 0.4) is 0 Å². The average Bonchev–Trinajstić information content (AvgIpc) is 3.24. The summed E-state index contributed by atoms with van der Waals surface area (Å²) in [6, 6.07) is 15.8. The zero-order chi connectivity index (χ0) is 20.5. The summed E-state index contributed by atoms with van der Waals surface area (Å²) in [6.45, 7) is 0.982. The zero-order valence-corrected chi connectivity index (χ0v) is 17.1. The summed E-state index contributed by atoms with van der Waals surface area (Å²) in [5.74, 6) is 1.08. The Hall–Kier alpha value is -2.82. The minimum Gasteiger partial charge on any atom is -0.493 e. The topological polar surface area (TPSA) is 55.8 Å². The minimum atomic E-state index is -0.242. The Balaban J connectivity index is 1.26. The van der Waals surface area contributed by atoms with Crippen molar-refractivity contribution in [2.45, 2.75) is 57.2 Å². The van der Waals surface area contributed by atoms with Crippen molar-refractivity contribution in [2.75, 3.05) is 6.61 Å². The maximum Gasteiger partial charge on any atom is 0.410 e. The molecular formula is C25H27NO4. The van der Waals surface area contributed by atoms with Gasteiger partial charge in [-0.3, -0.25) is 4.79 Å².